The second-order valence-corrected chi connectivity index (χ2v) is 8.74. The summed E-state index contributed by atoms with van der Waals surface area (Å²) in [5.74, 6) is 0. The average molecular weight is 438 g/mol. The Balaban J connectivity index is 1.37. The number of H-pyrrole nitrogens is 1. The molecule has 0 spiro atoms. The monoisotopic (exact) mass is 437 g/mol. The minimum Gasteiger partial charge on any atom is -0.369 e. The number of nitrogens with zero attached hydrogens (tertiary/aromatic N) is 6. The van der Waals surface area contributed by atoms with Gasteiger partial charge in [-0.1, -0.05) is 19.1 Å². The molecule has 1 N–H and O–H groups in total. The van der Waals surface area contributed by atoms with Crippen LogP contribution in [0.2, 0.25) is 0 Å². The van der Waals surface area contributed by atoms with Gasteiger partial charge in [-0.15, -0.1) is 0 Å². The topological polar surface area (TPSA) is 65.4 Å². The number of anilines is 1. The summed E-state index contributed by atoms with van der Waals surface area (Å²) in [7, 11) is 2.18. The Bertz CT molecular complexity index is 1420. The van der Waals surface area contributed by atoms with Gasteiger partial charge in [-0.05, 0) is 49.9 Å². The molecular weight excluding hydrogens is 410 g/mol. The number of aryl methyl sites for hydroxylation is 1. The Kier molecular flexibility index (Phi) is 4.84. The molecule has 166 valence electrons. The lowest BCUT2D eigenvalue weighted by Gasteiger charge is -2.34. The molecule has 5 heterocycles. The minimum absolute atomic E-state index is 0.876. The van der Waals surface area contributed by atoms with Crippen molar-refractivity contribution in [1.82, 2.24) is 29.5 Å². The van der Waals surface area contributed by atoms with Crippen LogP contribution in [0.25, 0.3) is 39.2 Å². The number of piperazine rings is 1. The van der Waals surface area contributed by atoms with Crippen LogP contribution in [0.1, 0.15) is 12.6 Å². The zero-order chi connectivity index (χ0) is 22.4. The van der Waals surface area contributed by atoms with Crippen molar-refractivity contribution in [3.05, 3.63) is 66.6 Å². The molecule has 0 bridgehead atoms. The van der Waals surface area contributed by atoms with Crippen molar-refractivity contribution >= 4 is 22.4 Å². The number of imidazole rings is 1. The third kappa shape index (κ3) is 3.54. The smallest absolute Gasteiger partial charge is 0.146 e. The lowest BCUT2D eigenvalue weighted by Crippen LogP contribution is -2.44. The van der Waals surface area contributed by atoms with E-state index in [0.29, 0.717) is 0 Å². The lowest BCUT2D eigenvalue weighted by atomic mass is 10.1. The van der Waals surface area contributed by atoms with Gasteiger partial charge in [0.05, 0.1) is 16.9 Å². The summed E-state index contributed by atoms with van der Waals surface area (Å²) in [5, 5.41) is 7.75. The van der Waals surface area contributed by atoms with Gasteiger partial charge in [0, 0.05) is 55.4 Å². The first-order chi connectivity index (χ1) is 16.2. The molecule has 1 aromatic carbocycles. The highest BCUT2D eigenvalue weighted by molar-refractivity contribution is 5.92. The standard InChI is InChI=1S/C26H27N7/c1-3-19-17-33-12-4-5-21(26(33)27-19)22-10-11-23-25(28-22)24(30-29-23)18-6-8-20(9-7-18)32-15-13-31(2)14-16-32/h4-12,17H,3,13-16H2,1-2H3,(H,29,30). The maximum Gasteiger partial charge on any atom is 0.146 e. The molecule has 0 amide bonds. The molecule has 6 rings (SSSR count). The summed E-state index contributed by atoms with van der Waals surface area (Å²) in [5.41, 5.74) is 8.95. The molecule has 5 aromatic rings. The zero-order valence-corrected chi connectivity index (χ0v) is 19.0. The summed E-state index contributed by atoms with van der Waals surface area (Å²) in [6.45, 7) is 6.44. The number of pyridine rings is 2. The largest absolute Gasteiger partial charge is 0.369 e. The van der Waals surface area contributed by atoms with Gasteiger partial charge >= 0.3 is 0 Å². The van der Waals surface area contributed by atoms with Crippen molar-refractivity contribution in [2.24, 2.45) is 0 Å². The van der Waals surface area contributed by atoms with E-state index in [1.54, 1.807) is 0 Å². The van der Waals surface area contributed by atoms with E-state index >= 15 is 0 Å². The number of hydrogen-bond donors (Lipinski definition) is 1. The Morgan fingerprint density at radius 2 is 1.76 bits per heavy atom. The Hall–Kier alpha value is -3.71. The third-order valence-corrected chi connectivity index (χ3v) is 6.59. The summed E-state index contributed by atoms with van der Waals surface area (Å²) >= 11 is 0. The number of benzene rings is 1. The Labute approximate surface area is 192 Å². The SMILES string of the molecule is CCc1cn2cccc(-c3ccc4[nH]nc(-c5ccc(N6CCN(C)CC6)cc5)c4n3)c2n1. The van der Waals surface area contributed by atoms with Crippen LogP contribution < -0.4 is 4.90 Å². The van der Waals surface area contributed by atoms with Gasteiger partial charge in [-0.25, -0.2) is 9.97 Å². The number of aromatic amines is 1. The van der Waals surface area contributed by atoms with Gasteiger partial charge in [-0.3, -0.25) is 5.10 Å². The second kappa shape index (κ2) is 8.01. The molecule has 7 heteroatoms. The first-order valence-corrected chi connectivity index (χ1v) is 11.6. The number of likely N-dealkylation sites (N-methyl/N-ethyl adjacent to an activating group) is 1. The molecule has 0 saturated carbocycles. The summed E-state index contributed by atoms with van der Waals surface area (Å²) < 4.78 is 2.08. The van der Waals surface area contributed by atoms with Gasteiger partial charge in [0.25, 0.3) is 0 Å². The highest BCUT2D eigenvalue weighted by Gasteiger charge is 2.16. The van der Waals surface area contributed by atoms with Crippen LogP contribution >= 0.6 is 0 Å². The minimum atomic E-state index is 0.876. The fraction of sp³-hybridized carbons (Fsp3) is 0.269. The molecule has 1 fully saturated rings. The van der Waals surface area contributed by atoms with Crippen molar-refractivity contribution in [2.45, 2.75) is 13.3 Å². The molecule has 1 aliphatic rings. The highest BCUT2D eigenvalue weighted by atomic mass is 15.2. The zero-order valence-electron chi connectivity index (χ0n) is 19.0. The van der Waals surface area contributed by atoms with E-state index in [-0.39, 0.29) is 0 Å². The molecule has 7 nitrogen and oxygen atoms in total. The molecule has 33 heavy (non-hydrogen) atoms. The van der Waals surface area contributed by atoms with Crippen molar-refractivity contribution in [3.8, 4) is 22.5 Å². The maximum absolute atomic E-state index is 5.02. The lowest BCUT2D eigenvalue weighted by molar-refractivity contribution is 0.313. The van der Waals surface area contributed by atoms with E-state index < -0.39 is 0 Å². The van der Waals surface area contributed by atoms with Crippen molar-refractivity contribution in [2.75, 3.05) is 38.1 Å². The predicted octanol–water partition coefficient (Wildman–Crippen LogP) is 4.25. The molecule has 0 unspecified atom stereocenters. The first kappa shape index (κ1) is 19.9. The fourth-order valence-electron chi connectivity index (χ4n) is 4.58. The van der Waals surface area contributed by atoms with Gasteiger partial charge in [0.2, 0.25) is 0 Å². The summed E-state index contributed by atoms with van der Waals surface area (Å²) in [6, 6.07) is 16.9. The van der Waals surface area contributed by atoms with E-state index in [0.717, 1.165) is 77.5 Å². The number of fused-ring (bicyclic) bond motifs is 2. The van der Waals surface area contributed by atoms with Gasteiger partial charge in [0.15, 0.2) is 0 Å². The second-order valence-electron chi connectivity index (χ2n) is 8.74. The number of nitrogens with one attached hydrogen (secondary N) is 1. The van der Waals surface area contributed by atoms with E-state index in [2.05, 4.69) is 81.0 Å². The Morgan fingerprint density at radius 1 is 0.939 bits per heavy atom. The highest BCUT2D eigenvalue weighted by Crippen LogP contribution is 2.30. The molecule has 4 aromatic heterocycles. The van der Waals surface area contributed by atoms with Crippen LogP contribution in [-0.2, 0) is 6.42 Å². The summed E-state index contributed by atoms with van der Waals surface area (Å²) in [6.07, 6.45) is 5.03. The van der Waals surface area contributed by atoms with Crippen LogP contribution in [0.5, 0.6) is 0 Å². The van der Waals surface area contributed by atoms with Crippen LogP contribution in [-0.4, -0.2) is 62.7 Å². The number of rotatable bonds is 4. The first-order valence-electron chi connectivity index (χ1n) is 11.6. The van der Waals surface area contributed by atoms with Crippen molar-refractivity contribution in [3.63, 3.8) is 0 Å². The van der Waals surface area contributed by atoms with Crippen LogP contribution in [0.4, 0.5) is 5.69 Å². The van der Waals surface area contributed by atoms with E-state index in [4.69, 9.17) is 9.97 Å². The Morgan fingerprint density at radius 3 is 2.55 bits per heavy atom. The molecular formula is C26H27N7. The van der Waals surface area contributed by atoms with Crippen molar-refractivity contribution < 1.29 is 0 Å². The fourth-order valence-corrected chi connectivity index (χ4v) is 4.58. The normalized spacial score (nSPS) is 15.0. The third-order valence-electron chi connectivity index (χ3n) is 6.59. The van der Waals surface area contributed by atoms with Crippen molar-refractivity contribution in [1.29, 1.82) is 0 Å². The average Bonchev–Trinajstić information content (AvgIpc) is 3.48. The van der Waals surface area contributed by atoms with E-state index in [9.17, 15) is 0 Å². The number of aromatic nitrogens is 5. The van der Waals surface area contributed by atoms with Gasteiger partial charge in [0.1, 0.15) is 16.9 Å². The molecule has 0 atom stereocenters. The van der Waals surface area contributed by atoms with Gasteiger partial charge in [-0.2, -0.15) is 5.10 Å². The van der Waals surface area contributed by atoms with Crippen LogP contribution in [0.15, 0.2) is 60.9 Å². The van der Waals surface area contributed by atoms with E-state index in [1.165, 1.54) is 5.69 Å². The van der Waals surface area contributed by atoms with Crippen LogP contribution in [0.3, 0.4) is 0 Å². The van der Waals surface area contributed by atoms with Gasteiger partial charge < -0.3 is 14.2 Å². The molecule has 0 radical (unpaired) electrons. The molecule has 0 aliphatic carbocycles. The molecule has 1 saturated heterocycles. The summed E-state index contributed by atoms with van der Waals surface area (Å²) in [4.78, 5) is 14.6. The van der Waals surface area contributed by atoms with E-state index in [1.807, 2.05) is 18.3 Å². The predicted molar refractivity (Wildman–Crippen MR) is 133 cm³/mol. The maximum atomic E-state index is 5.02. The molecule has 1 aliphatic heterocycles. The quantitative estimate of drug-likeness (QED) is 0.455. The van der Waals surface area contributed by atoms with Crippen LogP contribution in [0, 0.1) is 0 Å². The number of hydrogen-bond acceptors (Lipinski definition) is 5.